The summed E-state index contributed by atoms with van der Waals surface area (Å²) in [5.74, 6) is 0. The van der Waals surface area contributed by atoms with Crippen molar-refractivity contribution in [2.75, 3.05) is 13.2 Å². The molecule has 0 amide bonds. The van der Waals surface area contributed by atoms with E-state index in [4.69, 9.17) is 9.47 Å². The summed E-state index contributed by atoms with van der Waals surface area (Å²) >= 11 is 0. The zero-order chi connectivity index (χ0) is 13.8. The molecule has 0 fully saturated rings. The molecule has 4 nitrogen and oxygen atoms in total. The van der Waals surface area contributed by atoms with Crippen molar-refractivity contribution >= 4 is 10.9 Å². The van der Waals surface area contributed by atoms with Crippen LogP contribution in [0.4, 0.5) is 0 Å². The summed E-state index contributed by atoms with van der Waals surface area (Å²) < 4.78 is 11.1. The third-order valence-electron chi connectivity index (χ3n) is 3.10. The molecule has 1 heterocycles. The number of fused-ring (bicyclic) bond motifs is 1. The minimum atomic E-state index is -0.608. The monoisotopic (exact) mass is 261 g/mol. The van der Waals surface area contributed by atoms with Gasteiger partial charge < -0.3 is 14.5 Å². The van der Waals surface area contributed by atoms with Gasteiger partial charge in [0.2, 0.25) is 0 Å². The second kappa shape index (κ2) is 5.99. The molecule has 1 aromatic carbocycles. The fourth-order valence-corrected chi connectivity index (χ4v) is 2.23. The van der Waals surface area contributed by atoms with Gasteiger partial charge in [-0.15, -0.1) is 0 Å². The lowest BCUT2D eigenvalue weighted by Gasteiger charge is -2.19. The van der Waals surface area contributed by atoms with Gasteiger partial charge in [0.1, 0.15) is 0 Å². The molecule has 0 bridgehead atoms. The Kier molecular flexibility index (Phi) is 4.35. The summed E-state index contributed by atoms with van der Waals surface area (Å²) in [6, 6.07) is 7.73. The summed E-state index contributed by atoms with van der Waals surface area (Å²) in [6.45, 7) is 6.69. The maximum absolute atomic E-state index is 12.2. The van der Waals surface area contributed by atoms with Crippen LogP contribution in [0.1, 0.15) is 31.3 Å². The van der Waals surface area contributed by atoms with Crippen LogP contribution in [-0.2, 0) is 9.47 Å². The molecule has 1 aromatic heterocycles. The van der Waals surface area contributed by atoms with E-state index in [9.17, 15) is 4.79 Å². The number of hydrogen-bond donors (Lipinski definition) is 1. The number of pyridine rings is 1. The lowest BCUT2D eigenvalue weighted by Crippen LogP contribution is -2.22. The Morgan fingerprint density at radius 2 is 1.79 bits per heavy atom. The number of aryl methyl sites for hydroxylation is 1. The first-order valence-corrected chi connectivity index (χ1v) is 6.53. The number of hydrogen-bond acceptors (Lipinski definition) is 3. The molecule has 4 heteroatoms. The molecule has 19 heavy (non-hydrogen) atoms. The van der Waals surface area contributed by atoms with Crippen LogP contribution in [0.5, 0.6) is 0 Å². The zero-order valence-corrected chi connectivity index (χ0v) is 11.5. The number of nitrogens with one attached hydrogen (secondary N) is 1. The van der Waals surface area contributed by atoms with E-state index in [1.54, 1.807) is 0 Å². The number of benzene rings is 1. The van der Waals surface area contributed by atoms with Gasteiger partial charge in [0, 0.05) is 24.1 Å². The third kappa shape index (κ3) is 2.69. The molecule has 0 spiro atoms. The lowest BCUT2D eigenvalue weighted by atomic mass is 10.0. The highest BCUT2D eigenvalue weighted by Crippen LogP contribution is 2.24. The number of rotatable bonds is 5. The first kappa shape index (κ1) is 13.8. The fourth-order valence-electron chi connectivity index (χ4n) is 2.23. The van der Waals surface area contributed by atoms with Gasteiger partial charge in [-0.2, -0.15) is 0 Å². The molecule has 2 rings (SSSR count). The molecule has 1 N–H and O–H groups in total. The normalized spacial score (nSPS) is 11.4. The van der Waals surface area contributed by atoms with Crippen LogP contribution in [0.25, 0.3) is 10.9 Å². The number of H-pyrrole nitrogens is 1. The largest absolute Gasteiger partial charge is 0.348 e. The van der Waals surface area contributed by atoms with Crippen molar-refractivity contribution in [1.82, 2.24) is 4.98 Å². The van der Waals surface area contributed by atoms with E-state index in [0.29, 0.717) is 18.8 Å². The first-order valence-electron chi connectivity index (χ1n) is 6.53. The molecule has 102 valence electrons. The summed E-state index contributed by atoms with van der Waals surface area (Å²) in [5.41, 5.74) is 2.15. The Morgan fingerprint density at radius 1 is 1.16 bits per heavy atom. The predicted octanol–water partition coefficient (Wildman–Crippen LogP) is 2.91. The van der Waals surface area contributed by atoms with Crippen molar-refractivity contribution in [2.45, 2.75) is 27.1 Å². The Morgan fingerprint density at radius 3 is 2.42 bits per heavy atom. The van der Waals surface area contributed by atoms with Crippen LogP contribution in [0, 0.1) is 6.92 Å². The average molecular weight is 261 g/mol. The standard InChI is InChI=1S/C15H19NO3/c1-4-18-15(19-5-2)13-10(3)11-8-6-7-9-12(11)16-14(13)17/h6-9,15H,4-5H2,1-3H3,(H,16,17). The van der Waals surface area contributed by atoms with Crippen LogP contribution in [0.2, 0.25) is 0 Å². The molecule has 0 aliphatic rings. The van der Waals surface area contributed by atoms with Crippen LogP contribution in [-0.4, -0.2) is 18.2 Å². The van der Waals surface area contributed by atoms with E-state index in [2.05, 4.69) is 4.98 Å². The molecule has 2 aromatic rings. The second-order valence-corrected chi connectivity index (χ2v) is 4.28. The number of para-hydroxylation sites is 1. The van der Waals surface area contributed by atoms with Gasteiger partial charge in [-0.3, -0.25) is 4.79 Å². The molecule has 0 radical (unpaired) electrons. The Hall–Kier alpha value is -1.65. The van der Waals surface area contributed by atoms with E-state index < -0.39 is 6.29 Å². The van der Waals surface area contributed by atoms with Crippen molar-refractivity contribution in [1.29, 1.82) is 0 Å². The number of aromatic nitrogens is 1. The van der Waals surface area contributed by atoms with E-state index in [1.807, 2.05) is 45.0 Å². The Balaban J connectivity index is 2.61. The molecule has 0 unspecified atom stereocenters. The summed E-state index contributed by atoms with van der Waals surface area (Å²) in [4.78, 5) is 15.1. The smallest absolute Gasteiger partial charge is 0.257 e. The van der Waals surface area contributed by atoms with Gasteiger partial charge in [-0.05, 0) is 32.4 Å². The van der Waals surface area contributed by atoms with E-state index in [1.165, 1.54) is 0 Å². The van der Waals surface area contributed by atoms with Crippen molar-refractivity contribution < 1.29 is 9.47 Å². The van der Waals surface area contributed by atoms with Gasteiger partial charge >= 0.3 is 0 Å². The van der Waals surface area contributed by atoms with Crippen LogP contribution < -0.4 is 5.56 Å². The minimum absolute atomic E-state index is 0.150. The minimum Gasteiger partial charge on any atom is -0.348 e. The summed E-state index contributed by atoms with van der Waals surface area (Å²) in [5, 5.41) is 1.02. The third-order valence-corrected chi connectivity index (χ3v) is 3.10. The summed E-state index contributed by atoms with van der Waals surface area (Å²) in [6.07, 6.45) is -0.608. The molecular weight excluding hydrogens is 242 g/mol. The molecular formula is C15H19NO3. The Labute approximate surface area is 112 Å². The number of aromatic amines is 1. The highest BCUT2D eigenvalue weighted by molar-refractivity contribution is 5.82. The molecule has 0 atom stereocenters. The quantitative estimate of drug-likeness (QED) is 0.842. The molecule has 0 aliphatic heterocycles. The topological polar surface area (TPSA) is 51.3 Å². The maximum Gasteiger partial charge on any atom is 0.257 e. The number of ether oxygens (including phenoxy) is 2. The average Bonchev–Trinajstić information content (AvgIpc) is 2.39. The van der Waals surface area contributed by atoms with Gasteiger partial charge in [-0.25, -0.2) is 0 Å². The van der Waals surface area contributed by atoms with Crippen molar-refractivity contribution in [3.8, 4) is 0 Å². The van der Waals surface area contributed by atoms with Gasteiger partial charge in [0.15, 0.2) is 6.29 Å². The van der Waals surface area contributed by atoms with Crippen LogP contribution in [0.3, 0.4) is 0 Å². The van der Waals surface area contributed by atoms with Crippen molar-refractivity contribution in [3.63, 3.8) is 0 Å². The molecule has 0 saturated carbocycles. The second-order valence-electron chi connectivity index (χ2n) is 4.28. The van der Waals surface area contributed by atoms with Gasteiger partial charge in [-0.1, -0.05) is 18.2 Å². The highest BCUT2D eigenvalue weighted by atomic mass is 16.7. The zero-order valence-electron chi connectivity index (χ0n) is 11.5. The maximum atomic E-state index is 12.2. The van der Waals surface area contributed by atoms with E-state index in [0.717, 1.165) is 16.5 Å². The first-order chi connectivity index (χ1) is 9.19. The SMILES string of the molecule is CCOC(OCC)c1c(C)c2ccccc2[nH]c1=O. The van der Waals surface area contributed by atoms with Gasteiger partial charge in [0.25, 0.3) is 5.56 Å². The van der Waals surface area contributed by atoms with E-state index >= 15 is 0 Å². The predicted molar refractivity (Wildman–Crippen MR) is 75.3 cm³/mol. The lowest BCUT2D eigenvalue weighted by molar-refractivity contribution is -0.141. The Bertz CT molecular complexity index is 612. The van der Waals surface area contributed by atoms with Crippen molar-refractivity contribution in [3.05, 3.63) is 45.7 Å². The van der Waals surface area contributed by atoms with Crippen molar-refractivity contribution in [2.24, 2.45) is 0 Å². The summed E-state index contributed by atoms with van der Waals surface area (Å²) in [7, 11) is 0. The fraction of sp³-hybridized carbons (Fsp3) is 0.400. The van der Waals surface area contributed by atoms with Crippen LogP contribution >= 0.6 is 0 Å². The van der Waals surface area contributed by atoms with Crippen LogP contribution in [0.15, 0.2) is 29.1 Å². The highest BCUT2D eigenvalue weighted by Gasteiger charge is 2.19. The molecule has 0 aliphatic carbocycles. The molecule has 0 saturated heterocycles. The van der Waals surface area contributed by atoms with E-state index in [-0.39, 0.29) is 5.56 Å². The van der Waals surface area contributed by atoms with Gasteiger partial charge in [0.05, 0.1) is 5.56 Å².